The molecule has 4 aromatic carbocycles. The fourth-order valence-electron chi connectivity index (χ4n) is 7.60. The van der Waals surface area contributed by atoms with Crippen molar-refractivity contribution in [3.8, 4) is 44.5 Å². The van der Waals surface area contributed by atoms with Crippen LogP contribution >= 0.6 is 46.4 Å². The summed E-state index contributed by atoms with van der Waals surface area (Å²) in [5.41, 5.74) is 14.9. The van der Waals surface area contributed by atoms with Crippen molar-refractivity contribution in [2.75, 3.05) is 0 Å². The maximum Gasteiger partial charge on any atom is 0.0510 e. The van der Waals surface area contributed by atoms with Gasteiger partial charge < -0.3 is 9.97 Å². The van der Waals surface area contributed by atoms with Crippen LogP contribution in [0.1, 0.15) is 22.8 Å². The molecule has 0 spiro atoms. The van der Waals surface area contributed by atoms with Gasteiger partial charge in [0.25, 0.3) is 0 Å². The third kappa shape index (κ3) is 5.81. The molecule has 8 bridgehead atoms. The van der Waals surface area contributed by atoms with E-state index in [-0.39, 0.29) is 0 Å². The van der Waals surface area contributed by atoms with Gasteiger partial charge in [-0.25, -0.2) is 0 Å². The highest BCUT2D eigenvalue weighted by molar-refractivity contribution is 6.35. The van der Waals surface area contributed by atoms with Gasteiger partial charge in [-0.15, -0.1) is 0 Å². The molecule has 0 saturated carbocycles. The van der Waals surface area contributed by atoms with Crippen molar-refractivity contribution in [3.05, 3.63) is 164 Å². The summed E-state index contributed by atoms with van der Waals surface area (Å²) in [6.07, 6.45) is 2.87. The Bertz CT molecular complexity index is 2350. The van der Waals surface area contributed by atoms with Gasteiger partial charge in [0.15, 0.2) is 0 Å². The van der Waals surface area contributed by atoms with Gasteiger partial charge in [-0.1, -0.05) is 119 Å². The Labute approximate surface area is 321 Å². The number of rotatable bonds is 4. The molecule has 0 amide bonds. The molecule has 5 heterocycles. The largest absolute Gasteiger partial charge is 0.354 e. The molecule has 0 atom stereocenters. The summed E-state index contributed by atoms with van der Waals surface area (Å²) in [7, 11) is 0. The number of H-pyrrole nitrogens is 2. The predicted molar refractivity (Wildman–Crippen MR) is 218 cm³/mol. The topological polar surface area (TPSA) is 57.4 Å². The van der Waals surface area contributed by atoms with Crippen molar-refractivity contribution >= 4 is 68.5 Å². The zero-order chi connectivity index (χ0) is 35.3. The quantitative estimate of drug-likeness (QED) is 0.188. The summed E-state index contributed by atoms with van der Waals surface area (Å²) in [6.45, 7) is 0. The van der Waals surface area contributed by atoms with E-state index in [1.54, 1.807) is 0 Å². The lowest BCUT2D eigenvalue weighted by atomic mass is 10.0. The summed E-state index contributed by atoms with van der Waals surface area (Å²) >= 11 is 27.8. The molecular weight excluding hydrogens is 726 g/mol. The molecular formula is C44H30Cl4N4. The van der Waals surface area contributed by atoms with E-state index in [0.29, 0.717) is 45.8 Å². The standard InChI is InChI=1S/C44H30Cl4N4/c45-29-13-5-1-9-25(29)41-33-17-19-35(49-33)42(26-10-2-6-14-30(26)46)37-21-23-39(51-37)44(28-12-4-8-16-32(28)48)40-24-22-38(52-40)43(36-20-18-34(41)50-36)27-11-3-7-15-31(27)47/h1-17,19,22,24,49,52H,18,20-21,23H2. The zero-order valence-corrected chi connectivity index (χ0v) is 30.8. The maximum absolute atomic E-state index is 6.95. The zero-order valence-electron chi connectivity index (χ0n) is 27.8. The van der Waals surface area contributed by atoms with Crippen LogP contribution in [0.5, 0.6) is 0 Å². The molecule has 254 valence electrons. The van der Waals surface area contributed by atoms with Crippen LogP contribution in [-0.4, -0.2) is 19.9 Å². The average molecular weight is 757 g/mol. The number of hydrogen-bond acceptors (Lipinski definition) is 2. The Kier molecular flexibility index (Phi) is 8.65. The summed E-state index contributed by atoms with van der Waals surface area (Å²) in [5.74, 6) is 0. The number of fused-ring (bicyclic) bond motifs is 8. The average Bonchev–Trinajstić information content (AvgIpc) is 3.99. The first-order valence-corrected chi connectivity index (χ1v) is 18.7. The monoisotopic (exact) mass is 754 g/mol. The second-order valence-corrected chi connectivity index (χ2v) is 14.6. The molecule has 0 radical (unpaired) electrons. The van der Waals surface area contributed by atoms with Gasteiger partial charge in [0.1, 0.15) is 0 Å². The van der Waals surface area contributed by atoms with Crippen LogP contribution in [0.3, 0.4) is 0 Å². The summed E-state index contributed by atoms with van der Waals surface area (Å²) in [6, 6.07) is 40.2. The van der Waals surface area contributed by atoms with E-state index in [9.17, 15) is 0 Å². The van der Waals surface area contributed by atoms with Gasteiger partial charge in [0.05, 0.1) is 22.8 Å². The summed E-state index contributed by atoms with van der Waals surface area (Å²) in [5, 5.41) is 2.61. The van der Waals surface area contributed by atoms with Crippen LogP contribution in [0.2, 0.25) is 20.1 Å². The van der Waals surface area contributed by atoms with E-state index < -0.39 is 0 Å². The van der Waals surface area contributed by atoms with Gasteiger partial charge in [-0.2, -0.15) is 0 Å². The van der Waals surface area contributed by atoms with Crippen LogP contribution in [0, 0.1) is 0 Å². The van der Waals surface area contributed by atoms with Crippen molar-refractivity contribution < 1.29 is 0 Å². The van der Waals surface area contributed by atoms with Gasteiger partial charge in [0, 0.05) is 86.7 Å². The van der Waals surface area contributed by atoms with Crippen LogP contribution in [0.25, 0.3) is 66.6 Å². The minimum absolute atomic E-state index is 0.654. The molecule has 7 aromatic rings. The maximum atomic E-state index is 6.95. The second kappa shape index (κ2) is 13.6. The van der Waals surface area contributed by atoms with Crippen molar-refractivity contribution in [2.45, 2.75) is 25.7 Å². The van der Waals surface area contributed by atoms with Crippen LogP contribution in [0.4, 0.5) is 0 Å². The molecule has 0 unspecified atom stereocenters. The highest BCUT2D eigenvalue weighted by Gasteiger charge is 2.24. The van der Waals surface area contributed by atoms with E-state index in [4.69, 9.17) is 56.4 Å². The van der Waals surface area contributed by atoms with Crippen molar-refractivity contribution in [1.29, 1.82) is 0 Å². The third-order valence-electron chi connectivity index (χ3n) is 9.91. The summed E-state index contributed by atoms with van der Waals surface area (Å²) in [4.78, 5) is 18.4. The Morgan fingerprint density at radius 3 is 0.788 bits per heavy atom. The second-order valence-electron chi connectivity index (χ2n) is 13.0. The first-order chi connectivity index (χ1) is 25.4. The molecule has 2 aliphatic heterocycles. The molecule has 0 saturated heterocycles. The highest BCUT2D eigenvalue weighted by Crippen LogP contribution is 2.42. The molecule has 8 heteroatoms. The van der Waals surface area contributed by atoms with E-state index in [0.717, 1.165) is 89.4 Å². The number of nitrogens with zero attached hydrogens (tertiary/aromatic N) is 2. The van der Waals surface area contributed by atoms with Gasteiger partial charge >= 0.3 is 0 Å². The lowest BCUT2D eigenvalue weighted by molar-refractivity contribution is 1.03. The van der Waals surface area contributed by atoms with Gasteiger partial charge in [0.2, 0.25) is 0 Å². The van der Waals surface area contributed by atoms with Crippen molar-refractivity contribution in [3.63, 3.8) is 0 Å². The molecule has 4 nitrogen and oxygen atoms in total. The van der Waals surface area contributed by atoms with E-state index in [1.807, 2.05) is 72.8 Å². The number of aryl methyl sites for hydroxylation is 4. The molecule has 9 rings (SSSR count). The molecule has 2 N–H and O–H groups in total. The molecule has 52 heavy (non-hydrogen) atoms. The normalized spacial score (nSPS) is 12.7. The molecule has 3 aromatic heterocycles. The minimum Gasteiger partial charge on any atom is -0.354 e. The van der Waals surface area contributed by atoms with Crippen molar-refractivity contribution in [2.24, 2.45) is 0 Å². The number of nitrogens with one attached hydrogen (secondary N) is 2. The summed E-state index contributed by atoms with van der Waals surface area (Å²) < 4.78 is 0. The Morgan fingerprint density at radius 1 is 0.327 bits per heavy atom. The molecule has 2 aliphatic rings. The van der Waals surface area contributed by atoms with Crippen molar-refractivity contribution in [1.82, 2.24) is 19.9 Å². The number of aromatic nitrogens is 4. The Hall–Kier alpha value is -4.84. The minimum atomic E-state index is 0.654. The third-order valence-corrected chi connectivity index (χ3v) is 11.2. The smallest absolute Gasteiger partial charge is 0.0510 e. The predicted octanol–water partition coefficient (Wildman–Crippen LogP) is 13.2. The first kappa shape index (κ1) is 33.0. The van der Waals surface area contributed by atoms with Gasteiger partial charge in [-0.3, -0.25) is 9.97 Å². The van der Waals surface area contributed by atoms with E-state index in [1.165, 1.54) is 0 Å². The van der Waals surface area contributed by atoms with Crippen LogP contribution in [-0.2, 0) is 25.7 Å². The molecule has 0 aliphatic carbocycles. The number of benzene rings is 4. The molecule has 0 fully saturated rings. The van der Waals surface area contributed by atoms with Gasteiger partial charge in [-0.05, 0) is 74.2 Å². The number of aromatic amines is 2. The highest BCUT2D eigenvalue weighted by atomic mass is 35.5. The lowest BCUT2D eigenvalue weighted by Gasteiger charge is -2.09. The lowest BCUT2D eigenvalue weighted by Crippen LogP contribution is -1.91. The fraction of sp³-hybridized carbons (Fsp3) is 0.0909. The number of hydrogen-bond donors (Lipinski definition) is 2. The van der Waals surface area contributed by atoms with E-state index in [2.05, 4.69) is 58.5 Å². The number of halogens is 4. The van der Waals surface area contributed by atoms with E-state index >= 15 is 0 Å². The first-order valence-electron chi connectivity index (χ1n) is 17.2. The SMILES string of the molecule is Clc1ccccc1-c1c2nc(c(-c3ccccc3Cl)c3ccc([nH]3)c(-c3ccccc3Cl)c3nc(c(-c4ccccc4Cl)c4ccc1[nH]4)CC3)CC2. The fourth-order valence-corrected chi connectivity index (χ4v) is 8.52. The van der Waals surface area contributed by atoms with Crippen LogP contribution < -0.4 is 0 Å². The van der Waals surface area contributed by atoms with Crippen LogP contribution in [0.15, 0.2) is 121 Å². The Balaban J connectivity index is 1.50. The Morgan fingerprint density at radius 2 is 0.558 bits per heavy atom.